The minimum atomic E-state index is 0.154. The minimum absolute atomic E-state index is 0.154. The second-order valence-electron chi connectivity index (χ2n) is 5.89. The average molecular weight is 344 g/mol. The van der Waals surface area contributed by atoms with E-state index in [-0.39, 0.29) is 6.61 Å². The van der Waals surface area contributed by atoms with Crippen LogP contribution in [0.15, 0.2) is 24.4 Å². The molecule has 0 saturated carbocycles. The molecular formula is C18H24N4O3. The first-order valence-electron chi connectivity index (χ1n) is 8.41. The van der Waals surface area contributed by atoms with Crippen LogP contribution in [0, 0.1) is 0 Å². The fourth-order valence-corrected chi connectivity index (χ4v) is 2.97. The van der Waals surface area contributed by atoms with Crippen LogP contribution in [-0.4, -0.2) is 49.0 Å². The number of nitrogens with zero attached hydrogens (tertiary/aromatic N) is 3. The molecule has 2 aromatic rings. The van der Waals surface area contributed by atoms with Gasteiger partial charge in [0.1, 0.15) is 5.82 Å². The molecule has 7 heteroatoms. The van der Waals surface area contributed by atoms with E-state index in [2.05, 4.69) is 26.3 Å². The first-order chi connectivity index (χ1) is 12.2. The zero-order chi connectivity index (χ0) is 17.6. The standard InChI is InChI=1S/C18H24N4O3/c1-24-15-10-13-5-8-22(12-14(13)11-16(15)25-2)17-4-7-20-18(21-17)19-6-3-9-23/h4,7,10-11,23H,3,5-6,8-9,12H2,1-2H3,(H,19,20,21). The third-order valence-electron chi connectivity index (χ3n) is 4.30. The molecule has 2 N–H and O–H groups in total. The predicted molar refractivity (Wildman–Crippen MR) is 96.5 cm³/mol. The fourth-order valence-electron chi connectivity index (χ4n) is 2.97. The van der Waals surface area contributed by atoms with Gasteiger partial charge in [0, 0.05) is 32.4 Å². The Bertz CT molecular complexity index is 723. The van der Waals surface area contributed by atoms with Crippen molar-refractivity contribution in [3.8, 4) is 11.5 Å². The summed E-state index contributed by atoms with van der Waals surface area (Å²) in [4.78, 5) is 11.0. The highest BCUT2D eigenvalue weighted by molar-refractivity contribution is 5.52. The minimum Gasteiger partial charge on any atom is -0.493 e. The van der Waals surface area contributed by atoms with Crippen molar-refractivity contribution in [1.82, 2.24) is 9.97 Å². The molecule has 2 heterocycles. The molecule has 1 aromatic heterocycles. The first kappa shape index (κ1) is 17.3. The number of fused-ring (bicyclic) bond motifs is 1. The van der Waals surface area contributed by atoms with Crippen LogP contribution in [-0.2, 0) is 13.0 Å². The van der Waals surface area contributed by atoms with E-state index < -0.39 is 0 Å². The molecule has 0 fully saturated rings. The van der Waals surface area contributed by atoms with Crippen LogP contribution in [0.1, 0.15) is 17.5 Å². The summed E-state index contributed by atoms with van der Waals surface area (Å²) < 4.78 is 10.8. The summed E-state index contributed by atoms with van der Waals surface area (Å²) in [6.07, 6.45) is 3.35. The maximum Gasteiger partial charge on any atom is 0.224 e. The van der Waals surface area contributed by atoms with E-state index >= 15 is 0 Å². The summed E-state index contributed by atoms with van der Waals surface area (Å²) in [6, 6.07) is 6.03. The lowest BCUT2D eigenvalue weighted by Crippen LogP contribution is -2.31. The van der Waals surface area contributed by atoms with Crippen molar-refractivity contribution >= 4 is 11.8 Å². The first-order valence-corrected chi connectivity index (χ1v) is 8.41. The molecule has 0 unspecified atom stereocenters. The van der Waals surface area contributed by atoms with Gasteiger partial charge in [0.2, 0.25) is 5.95 Å². The molecule has 25 heavy (non-hydrogen) atoms. The summed E-state index contributed by atoms with van der Waals surface area (Å²) in [5, 5.41) is 12.0. The van der Waals surface area contributed by atoms with Crippen LogP contribution in [0.3, 0.4) is 0 Å². The number of ether oxygens (including phenoxy) is 2. The van der Waals surface area contributed by atoms with Crippen LogP contribution in [0.4, 0.5) is 11.8 Å². The Hall–Kier alpha value is -2.54. The SMILES string of the molecule is COc1cc2c(cc1OC)CN(c1ccnc(NCCCO)n1)CC2. The van der Waals surface area contributed by atoms with Crippen molar-refractivity contribution in [1.29, 1.82) is 0 Å². The molecule has 0 amide bonds. The van der Waals surface area contributed by atoms with E-state index in [0.29, 0.717) is 18.9 Å². The molecule has 7 nitrogen and oxygen atoms in total. The Morgan fingerprint density at radius 2 is 1.96 bits per heavy atom. The third kappa shape index (κ3) is 3.93. The lowest BCUT2D eigenvalue weighted by molar-refractivity contribution is 0.292. The number of methoxy groups -OCH3 is 2. The third-order valence-corrected chi connectivity index (χ3v) is 4.30. The number of aliphatic hydroxyl groups is 1. The Balaban J connectivity index is 1.77. The lowest BCUT2D eigenvalue weighted by atomic mass is 9.99. The van der Waals surface area contributed by atoms with Gasteiger partial charge in [-0.25, -0.2) is 4.98 Å². The van der Waals surface area contributed by atoms with Crippen molar-refractivity contribution in [2.45, 2.75) is 19.4 Å². The molecule has 0 aliphatic carbocycles. The van der Waals surface area contributed by atoms with Gasteiger partial charge in [-0.05, 0) is 42.2 Å². The molecular weight excluding hydrogens is 320 g/mol. The fraction of sp³-hybridized carbons (Fsp3) is 0.444. The number of rotatable bonds is 7. The molecule has 134 valence electrons. The summed E-state index contributed by atoms with van der Waals surface area (Å²) >= 11 is 0. The average Bonchev–Trinajstić information content (AvgIpc) is 2.67. The predicted octanol–water partition coefficient (Wildman–Crippen LogP) is 1.85. The Morgan fingerprint density at radius 1 is 1.20 bits per heavy atom. The number of aliphatic hydroxyl groups excluding tert-OH is 1. The number of nitrogens with one attached hydrogen (secondary N) is 1. The van der Waals surface area contributed by atoms with Crippen molar-refractivity contribution in [3.05, 3.63) is 35.5 Å². The molecule has 0 saturated heterocycles. The maximum absolute atomic E-state index is 8.87. The number of hydrogen-bond donors (Lipinski definition) is 2. The Labute approximate surface area is 147 Å². The molecule has 0 bridgehead atoms. The number of hydrogen-bond acceptors (Lipinski definition) is 7. The van der Waals surface area contributed by atoms with Gasteiger partial charge >= 0.3 is 0 Å². The van der Waals surface area contributed by atoms with Crippen LogP contribution < -0.4 is 19.7 Å². The van der Waals surface area contributed by atoms with E-state index in [1.165, 1.54) is 11.1 Å². The summed E-state index contributed by atoms with van der Waals surface area (Å²) in [5.41, 5.74) is 2.50. The number of aromatic nitrogens is 2. The highest BCUT2D eigenvalue weighted by Crippen LogP contribution is 2.34. The molecule has 1 aliphatic heterocycles. The van der Waals surface area contributed by atoms with Crippen molar-refractivity contribution in [3.63, 3.8) is 0 Å². The van der Waals surface area contributed by atoms with Crippen LogP contribution in [0.2, 0.25) is 0 Å². The Morgan fingerprint density at radius 3 is 2.68 bits per heavy atom. The van der Waals surface area contributed by atoms with Gasteiger partial charge < -0.3 is 24.8 Å². The normalized spacial score (nSPS) is 13.3. The maximum atomic E-state index is 8.87. The summed E-state index contributed by atoms with van der Waals surface area (Å²) in [7, 11) is 3.31. The topological polar surface area (TPSA) is 79.7 Å². The quantitative estimate of drug-likeness (QED) is 0.742. The van der Waals surface area contributed by atoms with E-state index in [4.69, 9.17) is 14.6 Å². The molecule has 1 aliphatic rings. The van der Waals surface area contributed by atoms with Crippen LogP contribution >= 0.6 is 0 Å². The number of anilines is 2. The Kier molecular flexibility index (Phi) is 5.55. The van der Waals surface area contributed by atoms with Gasteiger partial charge in [-0.3, -0.25) is 0 Å². The highest BCUT2D eigenvalue weighted by atomic mass is 16.5. The smallest absolute Gasteiger partial charge is 0.224 e. The van der Waals surface area contributed by atoms with E-state index in [9.17, 15) is 0 Å². The van der Waals surface area contributed by atoms with Gasteiger partial charge in [-0.2, -0.15) is 4.98 Å². The van der Waals surface area contributed by atoms with Crippen molar-refractivity contribution in [2.75, 3.05) is 44.1 Å². The van der Waals surface area contributed by atoms with Gasteiger partial charge in [0.25, 0.3) is 0 Å². The second-order valence-corrected chi connectivity index (χ2v) is 5.89. The number of benzene rings is 1. The second kappa shape index (κ2) is 8.02. The van der Waals surface area contributed by atoms with Gasteiger partial charge in [0.05, 0.1) is 14.2 Å². The molecule has 0 radical (unpaired) electrons. The van der Waals surface area contributed by atoms with Crippen LogP contribution in [0.25, 0.3) is 0 Å². The molecule has 1 aromatic carbocycles. The zero-order valence-corrected chi connectivity index (χ0v) is 14.7. The van der Waals surface area contributed by atoms with E-state index in [1.807, 2.05) is 12.1 Å². The van der Waals surface area contributed by atoms with Crippen molar-refractivity contribution in [2.24, 2.45) is 0 Å². The van der Waals surface area contributed by atoms with Gasteiger partial charge in [-0.15, -0.1) is 0 Å². The van der Waals surface area contributed by atoms with Gasteiger partial charge in [-0.1, -0.05) is 0 Å². The van der Waals surface area contributed by atoms with Crippen molar-refractivity contribution < 1.29 is 14.6 Å². The molecule has 0 atom stereocenters. The summed E-state index contributed by atoms with van der Waals surface area (Å²) in [6.45, 7) is 2.46. The zero-order valence-electron chi connectivity index (χ0n) is 14.7. The molecule has 3 rings (SSSR count). The van der Waals surface area contributed by atoms with Crippen LogP contribution in [0.5, 0.6) is 11.5 Å². The van der Waals surface area contributed by atoms with Gasteiger partial charge in [0.15, 0.2) is 11.5 Å². The summed E-state index contributed by atoms with van der Waals surface area (Å²) in [5.74, 6) is 3.00. The monoisotopic (exact) mass is 344 g/mol. The molecule has 0 spiro atoms. The largest absolute Gasteiger partial charge is 0.493 e. The van der Waals surface area contributed by atoms with E-state index in [0.717, 1.165) is 36.8 Å². The van der Waals surface area contributed by atoms with E-state index in [1.54, 1.807) is 20.4 Å². The highest BCUT2D eigenvalue weighted by Gasteiger charge is 2.20. The lowest BCUT2D eigenvalue weighted by Gasteiger charge is -2.30.